The van der Waals surface area contributed by atoms with Crippen LogP contribution in [0.15, 0.2) is 0 Å². The lowest BCUT2D eigenvalue weighted by molar-refractivity contribution is 0.0923. The van der Waals surface area contributed by atoms with Crippen molar-refractivity contribution in [3.05, 3.63) is 0 Å². The van der Waals surface area contributed by atoms with Gasteiger partial charge in [-0.3, -0.25) is 0 Å². The van der Waals surface area contributed by atoms with E-state index in [0.29, 0.717) is 11.5 Å². The lowest BCUT2D eigenvalue weighted by Gasteiger charge is -2.37. The van der Waals surface area contributed by atoms with Crippen molar-refractivity contribution >= 4 is 0 Å². The Morgan fingerprint density at radius 1 is 1.26 bits per heavy atom. The molecule has 0 amide bonds. The van der Waals surface area contributed by atoms with Crippen LogP contribution in [0.3, 0.4) is 0 Å². The fraction of sp³-hybridized carbons (Fsp3) is 1.00. The Hall–Kier alpha value is -0.120. The van der Waals surface area contributed by atoms with E-state index in [1.807, 2.05) is 0 Å². The van der Waals surface area contributed by atoms with Crippen molar-refractivity contribution in [2.24, 2.45) is 11.3 Å². The average molecular weight is 270 g/mol. The molecule has 19 heavy (non-hydrogen) atoms. The van der Waals surface area contributed by atoms with Crippen LogP contribution in [0.1, 0.15) is 47.5 Å². The summed E-state index contributed by atoms with van der Waals surface area (Å²) in [5.41, 5.74) is 0.328. The number of rotatable bonds is 9. The smallest absolute Gasteiger partial charge is 0.0547 e. The summed E-state index contributed by atoms with van der Waals surface area (Å²) in [5.74, 6) is 0.719. The van der Waals surface area contributed by atoms with E-state index < -0.39 is 0 Å². The molecule has 0 saturated carbocycles. The molecule has 1 rings (SSSR count). The summed E-state index contributed by atoms with van der Waals surface area (Å²) in [5, 5.41) is 3.65. The topological polar surface area (TPSA) is 24.5 Å². The number of ether oxygens (including phenoxy) is 1. The Morgan fingerprint density at radius 2 is 2.00 bits per heavy atom. The molecular weight excluding hydrogens is 236 g/mol. The van der Waals surface area contributed by atoms with Gasteiger partial charge in [-0.25, -0.2) is 0 Å². The van der Waals surface area contributed by atoms with E-state index in [4.69, 9.17) is 4.74 Å². The van der Waals surface area contributed by atoms with Gasteiger partial charge >= 0.3 is 0 Å². The zero-order valence-electron chi connectivity index (χ0n) is 13.7. The van der Waals surface area contributed by atoms with E-state index in [1.54, 1.807) is 0 Å². The van der Waals surface area contributed by atoms with E-state index in [2.05, 4.69) is 44.8 Å². The van der Waals surface area contributed by atoms with Crippen molar-refractivity contribution in [2.75, 3.05) is 39.4 Å². The maximum Gasteiger partial charge on any atom is 0.0547 e. The molecule has 1 aliphatic heterocycles. The molecule has 114 valence electrons. The highest BCUT2D eigenvalue weighted by Gasteiger charge is 2.36. The van der Waals surface area contributed by atoms with Crippen molar-refractivity contribution in [2.45, 2.75) is 53.5 Å². The Kier molecular flexibility index (Phi) is 7.33. The molecule has 3 nitrogen and oxygen atoms in total. The van der Waals surface area contributed by atoms with Gasteiger partial charge in [-0.15, -0.1) is 0 Å². The van der Waals surface area contributed by atoms with Crippen LogP contribution in [0, 0.1) is 11.3 Å². The molecule has 0 aromatic rings. The first-order valence-corrected chi connectivity index (χ1v) is 8.01. The van der Waals surface area contributed by atoms with Crippen LogP contribution >= 0.6 is 0 Å². The van der Waals surface area contributed by atoms with Crippen LogP contribution in [0.2, 0.25) is 0 Å². The summed E-state index contributed by atoms with van der Waals surface area (Å²) in [6.07, 6.45) is 2.43. The maximum atomic E-state index is 5.71. The minimum atomic E-state index is 0.328. The van der Waals surface area contributed by atoms with E-state index in [0.717, 1.165) is 32.2 Å². The summed E-state index contributed by atoms with van der Waals surface area (Å²) in [6, 6.07) is 0.627. The summed E-state index contributed by atoms with van der Waals surface area (Å²) in [6.45, 7) is 17.8. The molecule has 1 aliphatic rings. The van der Waals surface area contributed by atoms with E-state index in [9.17, 15) is 0 Å². The van der Waals surface area contributed by atoms with Gasteiger partial charge in [-0.05, 0) is 45.7 Å². The van der Waals surface area contributed by atoms with Crippen molar-refractivity contribution in [3.63, 3.8) is 0 Å². The summed E-state index contributed by atoms with van der Waals surface area (Å²) in [7, 11) is 0. The van der Waals surface area contributed by atoms with Gasteiger partial charge in [0, 0.05) is 31.2 Å². The summed E-state index contributed by atoms with van der Waals surface area (Å²) in [4.78, 5) is 2.62. The Labute approximate surface area is 120 Å². The lowest BCUT2D eigenvalue weighted by atomic mass is 9.86. The quantitative estimate of drug-likeness (QED) is 0.697. The van der Waals surface area contributed by atoms with Crippen LogP contribution in [0.25, 0.3) is 0 Å². The van der Waals surface area contributed by atoms with Gasteiger partial charge in [-0.2, -0.15) is 0 Å². The fourth-order valence-corrected chi connectivity index (χ4v) is 2.83. The summed E-state index contributed by atoms with van der Waals surface area (Å²) >= 11 is 0. The van der Waals surface area contributed by atoms with Crippen LogP contribution in [0.4, 0.5) is 0 Å². The second kappa shape index (κ2) is 8.23. The van der Waals surface area contributed by atoms with Crippen molar-refractivity contribution in [1.82, 2.24) is 10.2 Å². The predicted molar refractivity (Wildman–Crippen MR) is 82.6 cm³/mol. The number of hydrogen-bond donors (Lipinski definition) is 1. The molecule has 0 aromatic carbocycles. The highest BCUT2D eigenvalue weighted by Crippen LogP contribution is 2.30. The second-order valence-corrected chi connectivity index (χ2v) is 6.89. The Balaban J connectivity index is 2.54. The zero-order chi connectivity index (χ0) is 14.3. The molecule has 0 aromatic heterocycles. The van der Waals surface area contributed by atoms with Gasteiger partial charge < -0.3 is 15.0 Å². The van der Waals surface area contributed by atoms with Crippen molar-refractivity contribution < 1.29 is 4.74 Å². The standard InChI is InChI=1S/C16H34N2O/c1-6-8-18(15(4)5)12-16(7-9-19-13-16)11-17-10-14(2)3/h14-15,17H,6-13H2,1-5H3. The SMILES string of the molecule is CCCN(CC1(CNCC(C)C)CCOC1)C(C)C. The molecule has 1 heterocycles. The number of nitrogens with zero attached hydrogens (tertiary/aromatic N) is 1. The second-order valence-electron chi connectivity index (χ2n) is 6.89. The number of hydrogen-bond acceptors (Lipinski definition) is 3. The van der Waals surface area contributed by atoms with Crippen molar-refractivity contribution in [3.8, 4) is 0 Å². The third-order valence-corrected chi connectivity index (χ3v) is 4.02. The average Bonchev–Trinajstić information content (AvgIpc) is 2.77. The highest BCUT2D eigenvalue weighted by atomic mass is 16.5. The molecule has 1 N–H and O–H groups in total. The molecule has 0 radical (unpaired) electrons. The first kappa shape index (κ1) is 16.9. The van der Waals surface area contributed by atoms with Crippen LogP contribution < -0.4 is 5.32 Å². The molecule has 0 aliphatic carbocycles. The minimum absolute atomic E-state index is 0.328. The summed E-state index contributed by atoms with van der Waals surface area (Å²) < 4.78 is 5.71. The van der Waals surface area contributed by atoms with Crippen LogP contribution in [-0.2, 0) is 4.74 Å². The molecule has 1 fully saturated rings. The predicted octanol–water partition coefficient (Wildman–Crippen LogP) is 2.76. The first-order valence-electron chi connectivity index (χ1n) is 8.01. The third-order valence-electron chi connectivity index (χ3n) is 4.02. The molecular formula is C16H34N2O. The monoisotopic (exact) mass is 270 g/mol. The fourth-order valence-electron chi connectivity index (χ4n) is 2.83. The number of nitrogens with one attached hydrogen (secondary N) is 1. The largest absolute Gasteiger partial charge is 0.381 e. The minimum Gasteiger partial charge on any atom is -0.381 e. The molecule has 1 unspecified atom stereocenters. The lowest BCUT2D eigenvalue weighted by Crippen LogP contribution is -2.47. The van der Waals surface area contributed by atoms with E-state index in [1.165, 1.54) is 25.9 Å². The van der Waals surface area contributed by atoms with Gasteiger partial charge in [-0.1, -0.05) is 20.8 Å². The Bertz CT molecular complexity index is 235. The molecule has 0 bridgehead atoms. The highest BCUT2D eigenvalue weighted by molar-refractivity contribution is 4.89. The van der Waals surface area contributed by atoms with Gasteiger partial charge in [0.2, 0.25) is 0 Å². The van der Waals surface area contributed by atoms with Gasteiger partial charge in [0.1, 0.15) is 0 Å². The van der Waals surface area contributed by atoms with Gasteiger partial charge in [0.15, 0.2) is 0 Å². The maximum absolute atomic E-state index is 5.71. The normalized spacial score (nSPS) is 24.0. The third kappa shape index (κ3) is 5.80. The van der Waals surface area contributed by atoms with Gasteiger partial charge in [0.05, 0.1) is 6.61 Å². The zero-order valence-corrected chi connectivity index (χ0v) is 13.7. The Morgan fingerprint density at radius 3 is 2.47 bits per heavy atom. The molecule has 1 atom stereocenters. The molecule has 3 heteroatoms. The van der Waals surface area contributed by atoms with Crippen molar-refractivity contribution in [1.29, 1.82) is 0 Å². The van der Waals surface area contributed by atoms with Gasteiger partial charge in [0.25, 0.3) is 0 Å². The first-order chi connectivity index (χ1) is 8.99. The van der Waals surface area contributed by atoms with Crippen LogP contribution in [0.5, 0.6) is 0 Å². The van der Waals surface area contributed by atoms with E-state index in [-0.39, 0.29) is 0 Å². The van der Waals surface area contributed by atoms with E-state index >= 15 is 0 Å². The molecule has 1 saturated heterocycles. The molecule has 0 spiro atoms. The van der Waals surface area contributed by atoms with Crippen LogP contribution in [-0.4, -0.2) is 50.3 Å².